The SMILES string of the molecule is CCOc1ccc(Cc2c(O[C@@H]3O[C@H](COC(C)=O)[C@@H](OC(C)=O)[C@H](OC(C)=O)[C@H]3OC(C)=O)nn(C(C)C)c2C)c(F)c1.Cc1c(Cc2ccc(OC(C)C)cc2F)c(O[C@@H]2O[C@H](CO)[C@@H](O)[C@H](O)[C@H]2O)nn1C(C)C. The number of benzene rings is 2. The van der Waals surface area contributed by atoms with E-state index in [2.05, 4.69) is 10.2 Å². The van der Waals surface area contributed by atoms with Crippen molar-refractivity contribution in [1.82, 2.24) is 19.6 Å². The van der Waals surface area contributed by atoms with Gasteiger partial charge in [0, 0.05) is 87.3 Å². The molecule has 426 valence electrons. The predicted octanol–water partition coefficient (Wildman–Crippen LogP) is 4.83. The summed E-state index contributed by atoms with van der Waals surface area (Å²) in [4.78, 5) is 48.0. The van der Waals surface area contributed by atoms with Crippen LogP contribution in [0, 0.1) is 25.5 Å². The molecule has 0 aliphatic carbocycles. The molecule has 10 atom stereocenters. The lowest BCUT2D eigenvalue weighted by atomic mass is 9.98. The van der Waals surface area contributed by atoms with Crippen molar-refractivity contribution in [3.8, 4) is 23.3 Å². The molecule has 24 heteroatoms. The van der Waals surface area contributed by atoms with Crippen molar-refractivity contribution in [1.29, 1.82) is 0 Å². The number of esters is 4. The van der Waals surface area contributed by atoms with Crippen LogP contribution in [-0.2, 0) is 60.4 Å². The van der Waals surface area contributed by atoms with Gasteiger partial charge in [-0.2, -0.15) is 0 Å². The highest BCUT2D eigenvalue weighted by Crippen LogP contribution is 2.36. The van der Waals surface area contributed by atoms with Gasteiger partial charge >= 0.3 is 23.9 Å². The minimum atomic E-state index is -1.58. The molecule has 2 fully saturated rings. The van der Waals surface area contributed by atoms with E-state index in [-0.39, 0.29) is 42.8 Å². The first-order valence-corrected chi connectivity index (χ1v) is 25.2. The topological polar surface area (TPSA) is 277 Å². The first-order chi connectivity index (χ1) is 36.2. The van der Waals surface area contributed by atoms with Crippen molar-refractivity contribution in [2.45, 2.75) is 182 Å². The monoisotopic (exact) mass is 1090 g/mol. The Hall–Kier alpha value is -6.44. The average molecular weight is 1090 g/mol. The zero-order valence-electron chi connectivity index (χ0n) is 45.6. The van der Waals surface area contributed by atoms with E-state index in [1.807, 2.05) is 48.5 Å². The Morgan fingerprint density at radius 3 is 1.56 bits per heavy atom. The van der Waals surface area contributed by atoms with E-state index in [9.17, 15) is 44.0 Å². The normalized spacial score (nSPS) is 23.2. The van der Waals surface area contributed by atoms with E-state index in [0.29, 0.717) is 46.1 Å². The Morgan fingerprint density at radius 1 is 0.636 bits per heavy atom. The number of aliphatic hydroxyl groups is 4. The summed E-state index contributed by atoms with van der Waals surface area (Å²) < 4.78 is 89.4. The fraction of sp³-hybridized carbons (Fsp3) is 0.585. The lowest BCUT2D eigenvalue weighted by Gasteiger charge is -2.43. The van der Waals surface area contributed by atoms with Crippen molar-refractivity contribution in [2.24, 2.45) is 0 Å². The molecule has 0 bridgehead atoms. The van der Waals surface area contributed by atoms with Crippen LogP contribution in [0.25, 0.3) is 0 Å². The fourth-order valence-corrected chi connectivity index (χ4v) is 8.65. The quantitative estimate of drug-likeness (QED) is 0.0681. The third-order valence-corrected chi connectivity index (χ3v) is 12.2. The molecule has 22 nitrogen and oxygen atoms in total. The lowest BCUT2D eigenvalue weighted by Crippen LogP contribution is -2.63. The van der Waals surface area contributed by atoms with Gasteiger partial charge in [0.25, 0.3) is 0 Å². The van der Waals surface area contributed by atoms with Gasteiger partial charge in [-0.05, 0) is 85.6 Å². The van der Waals surface area contributed by atoms with Gasteiger partial charge in [-0.1, -0.05) is 12.1 Å². The first-order valence-electron chi connectivity index (χ1n) is 25.2. The van der Waals surface area contributed by atoms with Crippen LogP contribution in [0.1, 0.15) is 122 Å². The Balaban J connectivity index is 0.000000296. The Labute approximate surface area is 445 Å². The predicted molar refractivity (Wildman–Crippen MR) is 267 cm³/mol. The number of aliphatic hydroxyl groups excluding tert-OH is 4. The molecule has 2 aliphatic heterocycles. The highest BCUT2D eigenvalue weighted by Gasteiger charge is 2.54. The van der Waals surface area contributed by atoms with Crippen molar-refractivity contribution in [2.75, 3.05) is 19.8 Å². The van der Waals surface area contributed by atoms with Gasteiger partial charge in [0.05, 0.1) is 19.3 Å². The Bertz CT molecular complexity index is 2660. The summed E-state index contributed by atoms with van der Waals surface area (Å²) in [7, 11) is 0. The average Bonchev–Trinajstić information content (AvgIpc) is 3.82. The molecule has 0 spiro atoms. The minimum Gasteiger partial charge on any atom is -0.494 e. The molecule has 2 aromatic heterocycles. The van der Waals surface area contributed by atoms with Crippen molar-refractivity contribution < 1.29 is 95.8 Å². The first kappa shape index (κ1) is 61.4. The Kier molecular flexibility index (Phi) is 21.7. The van der Waals surface area contributed by atoms with Crippen LogP contribution >= 0.6 is 0 Å². The van der Waals surface area contributed by atoms with Crippen LogP contribution in [0.3, 0.4) is 0 Å². The van der Waals surface area contributed by atoms with Gasteiger partial charge in [0.2, 0.25) is 30.4 Å². The summed E-state index contributed by atoms with van der Waals surface area (Å²) >= 11 is 0. The van der Waals surface area contributed by atoms with Gasteiger partial charge in [-0.3, -0.25) is 28.5 Å². The summed E-state index contributed by atoms with van der Waals surface area (Å²) in [6.07, 6.45) is -13.9. The number of hydrogen-bond donors (Lipinski definition) is 4. The summed E-state index contributed by atoms with van der Waals surface area (Å²) in [6.45, 7) is 20.8. The zero-order valence-corrected chi connectivity index (χ0v) is 45.6. The summed E-state index contributed by atoms with van der Waals surface area (Å²) in [5.74, 6) is -2.93. The molecule has 2 aliphatic rings. The third kappa shape index (κ3) is 15.8. The van der Waals surface area contributed by atoms with Crippen LogP contribution in [0.5, 0.6) is 23.3 Å². The molecule has 4 aromatic rings. The molecule has 0 unspecified atom stereocenters. The molecule has 77 heavy (non-hydrogen) atoms. The van der Waals surface area contributed by atoms with Gasteiger partial charge in [0.1, 0.15) is 60.3 Å². The van der Waals surface area contributed by atoms with E-state index in [1.165, 1.54) is 19.1 Å². The standard InChI is InChI=1S/C30H39FN2O11.C23H33FN2O7/c1-9-38-22-11-10-21(24(31)13-22)12-23-16(4)33(15(2)3)32-29(23)44-30-28(42-20(8)37)27(41-19(7)36)26(40-18(6)35)25(43-30)14-39-17(5)34;1-11(2)26-13(5)16(8-14-6-7-15(9-17(14)24)31-12(3)4)22(25-26)33-23-21(30)20(29)19(28)18(10-27)32-23/h10-11,13,15,25-28,30H,9,12,14H2,1-8H3;6-7,9,11-12,18-21,23,27-30H,8,10H2,1-5H3/t25-,26-,27+,28-,30+;18-,19-,20+,21-,23+/m11/s1. The summed E-state index contributed by atoms with van der Waals surface area (Å²) in [5.41, 5.74) is 3.24. The van der Waals surface area contributed by atoms with Crippen molar-refractivity contribution >= 4 is 23.9 Å². The number of ether oxygens (including phenoxy) is 10. The molecule has 0 saturated carbocycles. The Morgan fingerprint density at radius 2 is 1.10 bits per heavy atom. The lowest BCUT2D eigenvalue weighted by molar-refractivity contribution is -0.289. The van der Waals surface area contributed by atoms with E-state index in [1.54, 1.807) is 47.5 Å². The maximum Gasteiger partial charge on any atom is 0.303 e. The van der Waals surface area contributed by atoms with Gasteiger partial charge < -0.3 is 67.8 Å². The number of hydrogen-bond acceptors (Lipinski definition) is 20. The molecule has 2 saturated heterocycles. The van der Waals surface area contributed by atoms with Crippen LogP contribution in [0.4, 0.5) is 8.78 Å². The van der Waals surface area contributed by atoms with E-state index >= 15 is 4.39 Å². The second-order valence-electron chi connectivity index (χ2n) is 19.3. The number of carbonyl (C=O) groups is 4. The number of rotatable bonds is 20. The van der Waals surface area contributed by atoms with Crippen molar-refractivity contribution in [3.63, 3.8) is 0 Å². The molecule has 2 aromatic carbocycles. The molecule has 4 N–H and O–H groups in total. The van der Waals surface area contributed by atoms with Crippen LogP contribution in [0.15, 0.2) is 36.4 Å². The fourth-order valence-electron chi connectivity index (χ4n) is 8.65. The summed E-state index contributed by atoms with van der Waals surface area (Å²) in [5, 5.41) is 48.9. The highest BCUT2D eigenvalue weighted by atomic mass is 19.1. The minimum absolute atomic E-state index is 0.0254. The molecule has 4 heterocycles. The molecule has 0 radical (unpaired) electrons. The van der Waals surface area contributed by atoms with Gasteiger partial charge in [0.15, 0.2) is 12.2 Å². The number of aromatic nitrogens is 4. The second kappa shape index (κ2) is 27.2. The smallest absolute Gasteiger partial charge is 0.303 e. The molecular formula is C53H72F2N4O18. The molecule has 0 amide bonds. The largest absolute Gasteiger partial charge is 0.494 e. The number of halogens is 2. The zero-order chi connectivity index (χ0) is 57.2. The van der Waals surface area contributed by atoms with Crippen LogP contribution in [-0.4, -0.2) is 151 Å². The van der Waals surface area contributed by atoms with Gasteiger partial charge in [-0.15, -0.1) is 10.2 Å². The maximum absolute atomic E-state index is 15.1. The summed E-state index contributed by atoms with van der Waals surface area (Å²) in [6, 6.07) is 9.07. The van der Waals surface area contributed by atoms with Crippen LogP contribution < -0.4 is 18.9 Å². The maximum atomic E-state index is 15.1. The highest BCUT2D eigenvalue weighted by molar-refractivity contribution is 5.69. The van der Waals surface area contributed by atoms with E-state index < -0.39 is 110 Å². The molecular weight excluding hydrogens is 1020 g/mol. The van der Waals surface area contributed by atoms with Crippen molar-refractivity contribution in [3.05, 3.63) is 81.7 Å². The number of nitrogens with zero attached hydrogens (tertiary/aromatic N) is 4. The van der Waals surface area contributed by atoms with E-state index in [0.717, 1.165) is 26.5 Å². The van der Waals surface area contributed by atoms with E-state index in [4.69, 9.17) is 47.4 Å². The third-order valence-electron chi connectivity index (χ3n) is 12.2. The second-order valence-corrected chi connectivity index (χ2v) is 19.3. The molecule has 6 rings (SSSR count). The van der Waals surface area contributed by atoms with Crippen LogP contribution in [0.2, 0.25) is 0 Å². The van der Waals surface area contributed by atoms with Gasteiger partial charge in [-0.25, -0.2) is 8.78 Å². The number of carbonyl (C=O) groups excluding carboxylic acids is 4.